The van der Waals surface area contributed by atoms with Crippen LogP contribution in [0.3, 0.4) is 0 Å². The molecule has 2 aliphatic heterocycles. The van der Waals surface area contributed by atoms with Crippen LogP contribution in [0.5, 0.6) is 11.5 Å². The minimum Gasteiger partial charge on any atom is -0.509 e. The Labute approximate surface area is 349 Å². The van der Waals surface area contributed by atoms with E-state index in [-0.39, 0.29) is 31.9 Å². The van der Waals surface area contributed by atoms with Gasteiger partial charge in [-0.3, -0.25) is 0 Å². The third-order valence-corrected chi connectivity index (χ3v) is 10.5. The van der Waals surface area contributed by atoms with Crippen molar-refractivity contribution in [2.24, 2.45) is 0 Å². The monoisotopic (exact) mass is 926 g/mol. The molecule has 0 aliphatic carbocycles. The van der Waals surface area contributed by atoms with E-state index in [9.17, 15) is 0 Å². The zero-order valence-electron chi connectivity index (χ0n) is 32.9. The van der Waals surface area contributed by atoms with Gasteiger partial charge in [0.15, 0.2) is 0 Å². The Morgan fingerprint density at radius 3 is 2.21 bits per heavy atom. The molecule has 2 aliphatic rings. The number of hydrogen-bond donors (Lipinski definition) is 0. The van der Waals surface area contributed by atoms with Gasteiger partial charge in [-0.2, -0.15) is 12.1 Å². The molecule has 0 N–H and O–H groups in total. The predicted octanol–water partition coefficient (Wildman–Crippen LogP) is 13.0. The number of fused-ring (bicyclic) bond motifs is 4. The summed E-state index contributed by atoms with van der Waals surface area (Å²) in [5, 5.41) is 2.23. The summed E-state index contributed by atoms with van der Waals surface area (Å²) in [6.45, 7) is 15.6. The van der Waals surface area contributed by atoms with E-state index in [0.29, 0.717) is 11.5 Å². The van der Waals surface area contributed by atoms with Crippen molar-refractivity contribution in [1.29, 1.82) is 0 Å². The van der Waals surface area contributed by atoms with E-state index < -0.39 is 0 Å². The fraction of sp³-hybridized carbons (Fsp3) is 0.160. The first kappa shape index (κ1) is 38.1. The van der Waals surface area contributed by atoms with Gasteiger partial charge in [0.2, 0.25) is 0 Å². The molecular weight excluding hydrogens is 884 g/mol. The molecule has 288 valence electrons. The molecule has 0 spiro atoms. The number of benzene rings is 5. The summed E-state index contributed by atoms with van der Waals surface area (Å²) < 4.78 is 14.3. The van der Waals surface area contributed by atoms with Gasteiger partial charge in [0.25, 0.3) is 0 Å². The van der Waals surface area contributed by atoms with Crippen molar-refractivity contribution in [3.8, 4) is 17.3 Å². The smallest absolute Gasteiger partial charge is 0.135 e. The van der Waals surface area contributed by atoms with Crippen LogP contribution in [0, 0.1) is 18.8 Å². The Bertz CT molecular complexity index is 2730. The van der Waals surface area contributed by atoms with Crippen molar-refractivity contribution in [1.82, 2.24) is 9.55 Å². The second-order valence-corrected chi connectivity index (χ2v) is 16.3. The maximum absolute atomic E-state index is 6.58. The molecule has 4 heterocycles. The largest absolute Gasteiger partial charge is 0.509 e. The average Bonchev–Trinajstić information content (AvgIpc) is 3.60. The number of allylic oxidation sites excluding steroid dienone is 4. The average molecular weight is 927 g/mol. The molecule has 0 radical (unpaired) electrons. The van der Waals surface area contributed by atoms with E-state index in [4.69, 9.17) is 14.5 Å². The molecule has 0 bridgehead atoms. The fourth-order valence-corrected chi connectivity index (χ4v) is 7.45. The topological polar surface area (TPSA) is 42.8 Å². The summed E-state index contributed by atoms with van der Waals surface area (Å²) in [6, 6.07) is 45.2. The third kappa shape index (κ3) is 7.19. The van der Waals surface area contributed by atoms with Crippen LogP contribution >= 0.6 is 0 Å². The van der Waals surface area contributed by atoms with Gasteiger partial charge in [0.1, 0.15) is 5.82 Å². The first-order valence-electron chi connectivity index (χ1n) is 19.0. The normalized spacial score (nSPS) is 14.0. The molecule has 0 atom stereocenters. The van der Waals surface area contributed by atoms with Crippen LogP contribution in [0.25, 0.3) is 33.2 Å². The maximum atomic E-state index is 6.58. The van der Waals surface area contributed by atoms with Gasteiger partial charge in [0.05, 0.1) is 12.5 Å². The number of ether oxygens (including phenoxy) is 2. The van der Waals surface area contributed by atoms with Gasteiger partial charge in [-0.25, -0.2) is 4.98 Å². The Morgan fingerprint density at radius 1 is 0.667 bits per heavy atom. The zero-order chi connectivity index (χ0) is 38.6. The number of rotatable bonds is 6. The molecule has 0 fully saturated rings. The quantitative estimate of drug-likeness (QED) is 0.155. The van der Waals surface area contributed by atoms with Crippen LogP contribution in [0.1, 0.15) is 58.2 Å². The van der Waals surface area contributed by atoms with Crippen LogP contribution in [0.2, 0.25) is 0 Å². The minimum absolute atomic E-state index is 0. The number of pyridine rings is 1. The third-order valence-electron chi connectivity index (χ3n) is 10.5. The van der Waals surface area contributed by atoms with Crippen molar-refractivity contribution >= 4 is 50.1 Å². The molecule has 2 aromatic heterocycles. The van der Waals surface area contributed by atoms with Crippen molar-refractivity contribution in [2.45, 2.75) is 52.4 Å². The van der Waals surface area contributed by atoms with Crippen molar-refractivity contribution in [3.05, 3.63) is 182 Å². The molecular formula is C50H43N4O2Pt-3. The molecule has 7 aromatic rings. The second kappa shape index (κ2) is 14.9. The number of nitrogens with zero attached hydrogens (tertiary/aromatic N) is 4. The van der Waals surface area contributed by atoms with Gasteiger partial charge in [-0.15, -0.1) is 48.1 Å². The van der Waals surface area contributed by atoms with E-state index in [1.807, 2.05) is 36.5 Å². The van der Waals surface area contributed by atoms with Gasteiger partial charge < -0.3 is 23.8 Å². The van der Waals surface area contributed by atoms with E-state index in [0.717, 1.165) is 61.5 Å². The first-order chi connectivity index (χ1) is 27.0. The second-order valence-electron chi connectivity index (χ2n) is 16.3. The van der Waals surface area contributed by atoms with Gasteiger partial charge in [0, 0.05) is 66.9 Å². The molecule has 0 unspecified atom stereocenters. The van der Waals surface area contributed by atoms with Crippen molar-refractivity contribution in [3.63, 3.8) is 0 Å². The Hall–Kier alpha value is -5.84. The molecule has 0 amide bonds. The Balaban J connectivity index is 0.00000455. The minimum atomic E-state index is -0.0380. The maximum Gasteiger partial charge on any atom is 0.135 e. The summed E-state index contributed by atoms with van der Waals surface area (Å²) in [7, 11) is 0. The van der Waals surface area contributed by atoms with Crippen molar-refractivity contribution < 1.29 is 30.5 Å². The molecule has 7 heteroatoms. The van der Waals surface area contributed by atoms with E-state index in [1.54, 1.807) is 12.5 Å². The Morgan fingerprint density at radius 2 is 1.40 bits per heavy atom. The van der Waals surface area contributed by atoms with Crippen LogP contribution in [0.4, 0.5) is 22.7 Å². The molecule has 0 saturated carbocycles. The van der Waals surface area contributed by atoms with E-state index in [2.05, 4.69) is 172 Å². The molecule has 5 aromatic carbocycles. The van der Waals surface area contributed by atoms with E-state index in [1.165, 1.54) is 11.1 Å². The number of aromatic nitrogens is 2. The summed E-state index contributed by atoms with van der Waals surface area (Å²) in [4.78, 5) is 9.28. The Kier molecular flexibility index (Phi) is 9.95. The number of anilines is 4. The molecule has 57 heavy (non-hydrogen) atoms. The summed E-state index contributed by atoms with van der Waals surface area (Å²) >= 11 is 0. The van der Waals surface area contributed by atoms with E-state index >= 15 is 0 Å². The van der Waals surface area contributed by atoms with Crippen LogP contribution in [0.15, 0.2) is 146 Å². The molecule has 6 nitrogen and oxygen atoms in total. The standard InChI is InChI=1S/C50H43N4O2.Pt/c1-49(2,3)35-20-22-40(34-13-12-27-55-28-25-34)46(29-35)53-33-52(44-18-9-10-19-45(44)53)37-14-11-15-38(31-37)56-39-21-23-42-41-16-7-8-17-43(41)54(47(42)32-39)48-30-36(24-26-51-48)50(4,5)6;/h7-30,33H,1-6H3;/q-3;. The van der Waals surface area contributed by atoms with Gasteiger partial charge in [-0.1, -0.05) is 95.6 Å². The van der Waals surface area contributed by atoms with Crippen molar-refractivity contribution in [2.75, 3.05) is 9.80 Å². The molecule has 0 saturated heterocycles. The zero-order valence-corrected chi connectivity index (χ0v) is 35.1. The summed E-state index contributed by atoms with van der Waals surface area (Å²) in [5.41, 5.74) is 10.6. The van der Waals surface area contributed by atoms with Crippen LogP contribution in [-0.2, 0) is 36.6 Å². The van der Waals surface area contributed by atoms with Gasteiger partial charge in [-0.05, 0) is 81.5 Å². The fourth-order valence-electron chi connectivity index (χ4n) is 7.45. The van der Waals surface area contributed by atoms with Crippen LogP contribution in [-0.4, -0.2) is 9.55 Å². The predicted molar refractivity (Wildman–Crippen MR) is 229 cm³/mol. The van der Waals surface area contributed by atoms with Gasteiger partial charge >= 0.3 is 0 Å². The summed E-state index contributed by atoms with van der Waals surface area (Å²) in [5.74, 6) is 2.04. The van der Waals surface area contributed by atoms with Crippen LogP contribution < -0.4 is 14.5 Å². The number of hydrogen-bond acceptors (Lipinski definition) is 5. The SMILES string of the molecule is CC(C)(C)c1ccnc(-n2c3[c-]c(Oc4[c-]c(N5[CH-]N(c6cc(C(C)(C)C)ccc6C6=CC=COC=C6)c6ccccc65)ccc4)ccc3c3ccccc32)c1.[Pt]. The molecule has 9 rings (SSSR count). The number of para-hydroxylation sites is 3. The first-order valence-corrected chi connectivity index (χ1v) is 19.0. The summed E-state index contributed by atoms with van der Waals surface area (Å²) in [6.07, 6.45) is 11.3.